The zero-order valence-corrected chi connectivity index (χ0v) is 10.4. The molecule has 1 N–H and O–H groups in total. The number of amides is 2. The summed E-state index contributed by atoms with van der Waals surface area (Å²) in [7, 11) is 3.42. The first kappa shape index (κ1) is 13.9. The Morgan fingerprint density at radius 3 is 2.13 bits per heavy atom. The number of carbonyl (C=O) groups excluding carboxylic acids is 2. The molecular formula is C11H22N2O2. The Kier molecular flexibility index (Phi) is 5.33. The molecule has 0 aliphatic rings. The first-order valence-electron chi connectivity index (χ1n) is 5.19. The van der Waals surface area contributed by atoms with Crippen LogP contribution >= 0.6 is 0 Å². The van der Waals surface area contributed by atoms with Crippen molar-refractivity contribution in [1.29, 1.82) is 0 Å². The first-order valence-corrected chi connectivity index (χ1v) is 5.19. The van der Waals surface area contributed by atoms with E-state index in [0.29, 0.717) is 19.4 Å². The van der Waals surface area contributed by atoms with Crippen LogP contribution < -0.4 is 5.32 Å². The molecule has 0 aliphatic carbocycles. The van der Waals surface area contributed by atoms with Crippen molar-refractivity contribution in [3.8, 4) is 0 Å². The highest BCUT2D eigenvalue weighted by molar-refractivity contribution is 5.79. The summed E-state index contributed by atoms with van der Waals surface area (Å²) in [5.74, 6) is 0.0418. The van der Waals surface area contributed by atoms with Crippen LogP contribution in [0.15, 0.2) is 0 Å². The van der Waals surface area contributed by atoms with E-state index in [1.54, 1.807) is 14.1 Å². The Hall–Kier alpha value is -1.06. The Bertz CT molecular complexity index is 229. The molecule has 0 fully saturated rings. The standard InChI is InChI=1S/C11H22N2O2/c1-11(2,3)8-9(14)12-7-6-10(15)13(4)5/h6-8H2,1-5H3,(H,12,14). The molecule has 4 heteroatoms. The third-order valence-corrected chi connectivity index (χ3v) is 1.85. The van der Waals surface area contributed by atoms with Gasteiger partial charge in [-0.05, 0) is 5.41 Å². The molecule has 0 spiro atoms. The Morgan fingerprint density at radius 2 is 1.73 bits per heavy atom. The van der Waals surface area contributed by atoms with Crippen molar-refractivity contribution in [2.75, 3.05) is 20.6 Å². The second-order valence-corrected chi connectivity index (χ2v) is 5.13. The molecule has 0 atom stereocenters. The van der Waals surface area contributed by atoms with E-state index in [-0.39, 0.29) is 17.2 Å². The lowest BCUT2D eigenvalue weighted by atomic mass is 9.92. The fourth-order valence-corrected chi connectivity index (χ4v) is 1.08. The molecule has 0 bridgehead atoms. The summed E-state index contributed by atoms with van der Waals surface area (Å²) in [4.78, 5) is 24.1. The molecule has 0 saturated heterocycles. The smallest absolute Gasteiger partial charge is 0.223 e. The first-order chi connectivity index (χ1) is 6.72. The fraction of sp³-hybridized carbons (Fsp3) is 0.818. The summed E-state index contributed by atoms with van der Waals surface area (Å²) in [6.07, 6.45) is 0.853. The van der Waals surface area contributed by atoms with Crippen LogP contribution in [0.3, 0.4) is 0 Å². The number of carbonyl (C=O) groups is 2. The summed E-state index contributed by atoms with van der Waals surface area (Å²) in [5, 5.41) is 2.74. The predicted molar refractivity (Wildman–Crippen MR) is 60.4 cm³/mol. The fourth-order valence-electron chi connectivity index (χ4n) is 1.08. The van der Waals surface area contributed by atoms with E-state index in [0.717, 1.165) is 0 Å². The lowest BCUT2D eigenvalue weighted by Gasteiger charge is -2.17. The summed E-state index contributed by atoms with van der Waals surface area (Å²) in [6, 6.07) is 0. The zero-order chi connectivity index (χ0) is 12.1. The van der Waals surface area contributed by atoms with Gasteiger partial charge in [0.05, 0.1) is 0 Å². The molecule has 0 aliphatic heterocycles. The molecule has 0 rings (SSSR count). The number of hydrogen-bond acceptors (Lipinski definition) is 2. The number of nitrogens with zero attached hydrogens (tertiary/aromatic N) is 1. The van der Waals surface area contributed by atoms with Gasteiger partial charge < -0.3 is 10.2 Å². The largest absolute Gasteiger partial charge is 0.356 e. The van der Waals surface area contributed by atoms with Gasteiger partial charge >= 0.3 is 0 Å². The van der Waals surface area contributed by atoms with Crippen LogP contribution in [-0.2, 0) is 9.59 Å². The van der Waals surface area contributed by atoms with Crippen molar-refractivity contribution in [2.24, 2.45) is 5.41 Å². The maximum atomic E-state index is 11.4. The van der Waals surface area contributed by atoms with Gasteiger partial charge in [0.2, 0.25) is 11.8 Å². The van der Waals surface area contributed by atoms with Crippen LogP contribution in [0.1, 0.15) is 33.6 Å². The molecule has 2 amide bonds. The van der Waals surface area contributed by atoms with Crippen LogP contribution in [0.25, 0.3) is 0 Å². The molecule has 0 saturated carbocycles. The summed E-state index contributed by atoms with van der Waals surface area (Å²) in [5.41, 5.74) is -0.00433. The third kappa shape index (κ3) is 7.97. The molecule has 0 unspecified atom stereocenters. The average Bonchev–Trinajstić information content (AvgIpc) is 2.00. The summed E-state index contributed by atoms with van der Waals surface area (Å²) < 4.78 is 0. The summed E-state index contributed by atoms with van der Waals surface area (Å²) >= 11 is 0. The van der Waals surface area contributed by atoms with Gasteiger partial charge in [0.15, 0.2) is 0 Å². The van der Waals surface area contributed by atoms with Gasteiger partial charge in [-0.1, -0.05) is 20.8 Å². The van der Waals surface area contributed by atoms with E-state index in [1.807, 2.05) is 20.8 Å². The van der Waals surface area contributed by atoms with E-state index < -0.39 is 0 Å². The lowest BCUT2D eigenvalue weighted by Crippen LogP contribution is -2.32. The number of nitrogens with one attached hydrogen (secondary N) is 1. The number of hydrogen-bond donors (Lipinski definition) is 1. The van der Waals surface area contributed by atoms with E-state index in [2.05, 4.69) is 5.32 Å². The highest BCUT2D eigenvalue weighted by Crippen LogP contribution is 2.17. The van der Waals surface area contributed by atoms with Crippen molar-refractivity contribution < 1.29 is 9.59 Å². The van der Waals surface area contributed by atoms with Gasteiger partial charge in [-0.2, -0.15) is 0 Å². The van der Waals surface area contributed by atoms with Gasteiger partial charge in [0.1, 0.15) is 0 Å². The maximum absolute atomic E-state index is 11.4. The normalized spacial score (nSPS) is 11.0. The van der Waals surface area contributed by atoms with E-state index >= 15 is 0 Å². The van der Waals surface area contributed by atoms with Gasteiger partial charge in [0, 0.05) is 33.5 Å². The van der Waals surface area contributed by atoms with Crippen molar-refractivity contribution in [2.45, 2.75) is 33.6 Å². The quantitative estimate of drug-likeness (QED) is 0.759. The maximum Gasteiger partial charge on any atom is 0.223 e. The Balaban J connectivity index is 3.70. The highest BCUT2D eigenvalue weighted by Gasteiger charge is 2.15. The second kappa shape index (κ2) is 5.73. The SMILES string of the molecule is CN(C)C(=O)CCNC(=O)CC(C)(C)C. The second-order valence-electron chi connectivity index (χ2n) is 5.13. The molecule has 0 aromatic rings. The van der Waals surface area contributed by atoms with Crippen LogP contribution in [0, 0.1) is 5.41 Å². The molecule has 15 heavy (non-hydrogen) atoms. The van der Waals surface area contributed by atoms with Crippen LogP contribution in [0.2, 0.25) is 0 Å². The monoisotopic (exact) mass is 214 g/mol. The van der Waals surface area contributed by atoms with Gasteiger partial charge in [-0.25, -0.2) is 0 Å². The highest BCUT2D eigenvalue weighted by atomic mass is 16.2. The molecule has 0 aromatic heterocycles. The zero-order valence-electron chi connectivity index (χ0n) is 10.4. The topological polar surface area (TPSA) is 49.4 Å². The minimum atomic E-state index is -0.00433. The number of rotatable bonds is 4. The van der Waals surface area contributed by atoms with E-state index in [1.165, 1.54) is 4.90 Å². The van der Waals surface area contributed by atoms with Crippen molar-refractivity contribution >= 4 is 11.8 Å². The molecule has 88 valence electrons. The van der Waals surface area contributed by atoms with Crippen molar-refractivity contribution in [3.63, 3.8) is 0 Å². The Morgan fingerprint density at radius 1 is 1.20 bits per heavy atom. The van der Waals surface area contributed by atoms with Gasteiger partial charge in [0.25, 0.3) is 0 Å². The minimum Gasteiger partial charge on any atom is -0.356 e. The molecule has 4 nitrogen and oxygen atoms in total. The molecule has 0 aromatic carbocycles. The molecular weight excluding hydrogens is 192 g/mol. The average molecular weight is 214 g/mol. The third-order valence-electron chi connectivity index (χ3n) is 1.85. The van der Waals surface area contributed by atoms with Crippen molar-refractivity contribution in [1.82, 2.24) is 10.2 Å². The van der Waals surface area contributed by atoms with Crippen molar-refractivity contribution in [3.05, 3.63) is 0 Å². The van der Waals surface area contributed by atoms with Crippen LogP contribution in [0.4, 0.5) is 0 Å². The van der Waals surface area contributed by atoms with Gasteiger partial charge in [-0.3, -0.25) is 9.59 Å². The van der Waals surface area contributed by atoms with Crippen LogP contribution in [0.5, 0.6) is 0 Å². The summed E-state index contributed by atoms with van der Waals surface area (Å²) in [6.45, 7) is 6.46. The van der Waals surface area contributed by atoms with E-state index in [4.69, 9.17) is 0 Å². The minimum absolute atomic E-state index is 0.00433. The van der Waals surface area contributed by atoms with E-state index in [9.17, 15) is 9.59 Å². The van der Waals surface area contributed by atoms with Gasteiger partial charge in [-0.15, -0.1) is 0 Å². The Labute approximate surface area is 92.0 Å². The lowest BCUT2D eigenvalue weighted by molar-refractivity contribution is -0.128. The molecule has 0 radical (unpaired) electrons. The van der Waals surface area contributed by atoms with Crippen LogP contribution in [-0.4, -0.2) is 37.4 Å². The predicted octanol–water partition coefficient (Wildman–Crippen LogP) is 1.02. The molecule has 0 heterocycles.